The number of hydrogen-bond donors (Lipinski definition) is 0. The highest BCUT2D eigenvalue weighted by Gasteiger charge is 1.99. The van der Waals surface area contributed by atoms with Crippen LogP contribution in [-0.2, 0) is 0 Å². The molecule has 0 aliphatic heterocycles. The molecule has 1 rings (SSSR count). The third-order valence-corrected chi connectivity index (χ3v) is 2.76. The quantitative estimate of drug-likeness (QED) is 0.434. The van der Waals surface area contributed by atoms with Crippen LogP contribution in [0.25, 0.3) is 0 Å². The maximum Gasteiger partial charge on any atom is 0.118 e. The van der Waals surface area contributed by atoms with Gasteiger partial charge in [0.2, 0.25) is 0 Å². The molecule has 0 unspecified atom stereocenters. The second-order valence-corrected chi connectivity index (χ2v) is 3.58. The van der Waals surface area contributed by atoms with Gasteiger partial charge in [-0.15, -0.1) is 23.4 Å². The summed E-state index contributed by atoms with van der Waals surface area (Å²) in [5.74, 6) is 1.42. The second kappa shape index (κ2) is 4.80. The highest BCUT2D eigenvalue weighted by molar-refractivity contribution is 7.99. The van der Waals surface area contributed by atoms with Crippen molar-refractivity contribution >= 4 is 35.0 Å². The maximum absolute atomic E-state index is 5.77. The molecule has 1 aromatic rings. The molecule has 0 radical (unpaired) electrons. The zero-order valence-electron chi connectivity index (χ0n) is 5.63. The third-order valence-electron chi connectivity index (χ3n) is 0.950. The van der Waals surface area contributed by atoms with Crippen molar-refractivity contribution in [3.8, 4) is 0 Å². The summed E-state index contributed by atoms with van der Waals surface area (Å²) in [5.41, 5.74) is 0. The average molecular weight is 209 g/mol. The van der Waals surface area contributed by atoms with Gasteiger partial charge in [0.15, 0.2) is 0 Å². The Morgan fingerprint density at radius 1 is 1.55 bits per heavy atom. The molecule has 0 bridgehead atoms. The molecule has 0 aliphatic rings. The Morgan fingerprint density at radius 3 is 3.00 bits per heavy atom. The Bertz CT molecular complexity index is 232. The van der Waals surface area contributed by atoms with Gasteiger partial charge in [0.1, 0.15) is 11.4 Å². The fraction of sp³-hybridized carbons (Fsp3) is 0.333. The van der Waals surface area contributed by atoms with Crippen molar-refractivity contribution in [2.75, 3.05) is 11.6 Å². The lowest BCUT2D eigenvalue weighted by molar-refractivity contribution is 1.05. The van der Waals surface area contributed by atoms with Crippen LogP contribution in [0.1, 0.15) is 0 Å². The first-order valence-electron chi connectivity index (χ1n) is 2.99. The third kappa shape index (κ3) is 2.85. The van der Waals surface area contributed by atoms with Gasteiger partial charge >= 0.3 is 0 Å². The molecule has 2 nitrogen and oxygen atoms in total. The number of rotatable bonds is 3. The number of aromatic nitrogens is 2. The summed E-state index contributed by atoms with van der Waals surface area (Å²) in [6, 6.07) is 0. The molecule has 1 heterocycles. The number of nitrogens with zero attached hydrogens (tertiary/aromatic N) is 2. The van der Waals surface area contributed by atoms with Crippen molar-refractivity contribution in [2.45, 2.75) is 5.03 Å². The Labute approximate surface area is 79.3 Å². The topological polar surface area (TPSA) is 25.8 Å². The molecule has 0 aromatic carbocycles. The van der Waals surface area contributed by atoms with Crippen molar-refractivity contribution in [1.29, 1.82) is 0 Å². The molecule has 1 aromatic heterocycles. The molecule has 0 spiro atoms. The fourth-order valence-electron chi connectivity index (χ4n) is 0.543. The Balaban J connectivity index is 2.62. The zero-order chi connectivity index (χ0) is 8.10. The van der Waals surface area contributed by atoms with Crippen LogP contribution >= 0.6 is 35.0 Å². The molecular weight excluding hydrogens is 203 g/mol. The second-order valence-electron chi connectivity index (χ2n) is 1.71. The first-order chi connectivity index (χ1) is 5.34. The Kier molecular flexibility index (Phi) is 3.97. The summed E-state index contributed by atoms with van der Waals surface area (Å²) in [7, 11) is 0. The lowest BCUT2D eigenvalue weighted by Crippen LogP contribution is -1.85. The SMILES string of the molecule is ClCCSc1ncncc1Cl. The van der Waals surface area contributed by atoms with Crippen LogP contribution in [0.15, 0.2) is 17.6 Å². The van der Waals surface area contributed by atoms with E-state index in [1.165, 1.54) is 18.1 Å². The molecular formula is C6H6Cl2N2S. The van der Waals surface area contributed by atoms with E-state index in [4.69, 9.17) is 23.2 Å². The molecule has 0 N–H and O–H groups in total. The van der Waals surface area contributed by atoms with Gasteiger partial charge in [-0.1, -0.05) is 11.6 Å². The number of halogens is 2. The fourth-order valence-corrected chi connectivity index (χ4v) is 1.63. The predicted molar refractivity (Wildman–Crippen MR) is 48.5 cm³/mol. The van der Waals surface area contributed by atoms with E-state index in [-0.39, 0.29) is 0 Å². The van der Waals surface area contributed by atoms with Crippen LogP contribution in [0.2, 0.25) is 5.02 Å². The molecule has 0 aliphatic carbocycles. The van der Waals surface area contributed by atoms with Crippen LogP contribution in [0.5, 0.6) is 0 Å². The van der Waals surface area contributed by atoms with Gasteiger partial charge in [-0.3, -0.25) is 0 Å². The van der Waals surface area contributed by atoms with Gasteiger partial charge in [-0.05, 0) is 0 Å². The monoisotopic (exact) mass is 208 g/mol. The zero-order valence-corrected chi connectivity index (χ0v) is 7.96. The van der Waals surface area contributed by atoms with Crippen molar-refractivity contribution in [1.82, 2.24) is 9.97 Å². The van der Waals surface area contributed by atoms with Crippen LogP contribution < -0.4 is 0 Å². The highest BCUT2D eigenvalue weighted by atomic mass is 35.5. The van der Waals surface area contributed by atoms with Gasteiger partial charge < -0.3 is 0 Å². The summed E-state index contributed by atoms with van der Waals surface area (Å²) in [6.45, 7) is 0. The molecule has 11 heavy (non-hydrogen) atoms. The van der Waals surface area contributed by atoms with Gasteiger partial charge in [-0.25, -0.2) is 9.97 Å². The standard InChI is InChI=1S/C6H6Cl2N2S/c7-1-2-11-6-5(8)3-9-4-10-6/h3-4H,1-2H2. The molecule has 0 saturated heterocycles. The Morgan fingerprint density at radius 2 is 2.36 bits per heavy atom. The van der Waals surface area contributed by atoms with Crippen LogP contribution in [0.4, 0.5) is 0 Å². The van der Waals surface area contributed by atoms with E-state index in [1.54, 1.807) is 6.20 Å². The van der Waals surface area contributed by atoms with E-state index < -0.39 is 0 Å². The molecule has 0 saturated carbocycles. The summed E-state index contributed by atoms with van der Waals surface area (Å²) in [5, 5.41) is 1.38. The van der Waals surface area contributed by atoms with Crippen LogP contribution in [-0.4, -0.2) is 21.6 Å². The van der Waals surface area contributed by atoms with E-state index in [0.717, 1.165) is 10.8 Å². The maximum atomic E-state index is 5.77. The number of thioether (sulfide) groups is 1. The van der Waals surface area contributed by atoms with E-state index in [0.29, 0.717) is 10.9 Å². The van der Waals surface area contributed by atoms with Crippen molar-refractivity contribution in [3.63, 3.8) is 0 Å². The minimum atomic E-state index is 0.586. The van der Waals surface area contributed by atoms with Crippen LogP contribution in [0, 0.1) is 0 Å². The molecule has 0 atom stereocenters. The van der Waals surface area contributed by atoms with Crippen molar-refractivity contribution in [2.24, 2.45) is 0 Å². The van der Waals surface area contributed by atoms with Crippen molar-refractivity contribution < 1.29 is 0 Å². The summed E-state index contributed by atoms with van der Waals surface area (Å²) in [4.78, 5) is 7.74. The molecule has 60 valence electrons. The van der Waals surface area contributed by atoms with Gasteiger partial charge in [0.05, 0.1) is 11.2 Å². The minimum Gasteiger partial charge on any atom is -0.243 e. The largest absolute Gasteiger partial charge is 0.243 e. The Hall–Kier alpha value is 0.01000. The highest BCUT2D eigenvalue weighted by Crippen LogP contribution is 2.22. The lowest BCUT2D eigenvalue weighted by atomic mass is 10.7. The predicted octanol–water partition coefficient (Wildman–Crippen LogP) is 2.46. The van der Waals surface area contributed by atoms with E-state index >= 15 is 0 Å². The average Bonchev–Trinajstić information content (AvgIpc) is 2.03. The number of alkyl halides is 1. The molecule has 0 fully saturated rings. The molecule has 5 heteroatoms. The van der Waals surface area contributed by atoms with E-state index in [1.807, 2.05) is 0 Å². The van der Waals surface area contributed by atoms with Crippen LogP contribution in [0.3, 0.4) is 0 Å². The normalized spacial score (nSPS) is 10.0. The van der Waals surface area contributed by atoms with E-state index in [9.17, 15) is 0 Å². The smallest absolute Gasteiger partial charge is 0.118 e. The number of hydrogen-bond acceptors (Lipinski definition) is 3. The molecule has 0 amide bonds. The van der Waals surface area contributed by atoms with Gasteiger partial charge in [-0.2, -0.15) is 0 Å². The van der Waals surface area contributed by atoms with E-state index in [2.05, 4.69) is 9.97 Å². The summed E-state index contributed by atoms with van der Waals surface area (Å²) in [6.07, 6.45) is 3.05. The van der Waals surface area contributed by atoms with Gasteiger partial charge in [0.25, 0.3) is 0 Å². The summed E-state index contributed by atoms with van der Waals surface area (Å²) < 4.78 is 0. The first-order valence-corrected chi connectivity index (χ1v) is 4.88. The lowest BCUT2D eigenvalue weighted by Gasteiger charge is -1.98. The summed E-state index contributed by atoms with van der Waals surface area (Å²) >= 11 is 12.8. The minimum absolute atomic E-state index is 0.586. The first kappa shape index (κ1) is 9.10. The van der Waals surface area contributed by atoms with Gasteiger partial charge in [0, 0.05) is 11.6 Å². The van der Waals surface area contributed by atoms with Crippen molar-refractivity contribution in [3.05, 3.63) is 17.5 Å².